The van der Waals surface area contributed by atoms with Gasteiger partial charge in [0.25, 0.3) is 0 Å². The average Bonchev–Trinajstić information content (AvgIpc) is 3.05. The van der Waals surface area contributed by atoms with E-state index >= 15 is 0 Å². The first-order valence-corrected chi connectivity index (χ1v) is 9.60. The van der Waals surface area contributed by atoms with E-state index < -0.39 is 0 Å². The van der Waals surface area contributed by atoms with E-state index in [1.54, 1.807) is 12.1 Å². The first kappa shape index (κ1) is 17.4. The van der Waals surface area contributed by atoms with Crippen molar-refractivity contribution in [2.75, 3.05) is 0 Å². The molecule has 136 valence electrons. The maximum absolute atomic E-state index is 6.52. The highest BCUT2D eigenvalue weighted by Crippen LogP contribution is 2.33. The van der Waals surface area contributed by atoms with E-state index in [0.717, 1.165) is 22.3 Å². The highest BCUT2D eigenvalue weighted by molar-refractivity contribution is 6.35. The quantitative estimate of drug-likeness (QED) is 0.320. The molecule has 0 amide bonds. The molecular formula is C21H11Cl3N4. The SMILES string of the molecule is Clc1ccc(-c2nc3nc4ccccc4nc3n2-c2ccc(Cl)cc2Cl)cc1. The molecule has 0 aliphatic heterocycles. The zero-order valence-electron chi connectivity index (χ0n) is 14.3. The van der Waals surface area contributed by atoms with Gasteiger partial charge >= 0.3 is 0 Å². The number of hydrogen-bond donors (Lipinski definition) is 0. The number of fused-ring (bicyclic) bond motifs is 2. The van der Waals surface area contributed by atoms with Crippen molar-refractivity contribution in [1.82, 2.24) is 19.5 Å². The maximum Gasteiger partial charge on any atom is 0.199 e. The Morgan fingerprint density at radius 1 is 0.679 bits per heavy atom. The first-order valence-electron chi connectivity index (χ1n) is 8.47. The second-order valence-electron chi connectivity index (χ2n) is 6.23. The number of imidazole rings is 1. The summed E-state index contributed by atoms with van der Waals surface area (Å²) in [5.74, 6) is 0.672. The summed E-state index contributed by atoms with van der Waals surface area (Å²) < 4.78 is 1.90. The number of para-hydroxylation sites is 2. The van der Waals surface area contributed by atoms with Gasteiger partial charge in [0.05, 0.1) is 21.7 Å². The second kappa shape index (κ2) is 6.74. The second-order valence-corrected chi connectivity index (χ2v) is 7.51. The first-order chi connectivity index (χ1) is 13.6. The van der Waals surface area contributed by atoms with Gasteiger partial charge in [-0.05, 0) is 54.6 Å². The van der Waals surface area contributed by atoms with Crippen molar-refractivity contribution in [3.63, 3.8) is 0 Å². The van der Waals surface area contributed by atoms with Crippen LogP contribution in [-0.4, -0.2) is 19.5 Å². The molecule has 7 heteroatoms. The van der Waals surface area contributed by atoms with Crippen LogP contribution >= 0.6 is 34.8 Å². The van der Waals surface area contributed by atoms with Crippen LogP contribution in [0.1, 0.15) is 0 Å². The highest BCUT2D eigenvalue weighted by Gasteiger charge is 2.19. The Hall–Kier alpha value is -2.66. The van der Waals surface area contributed by atoms with Crippen LogP contribution < -0.4 is 0 Å². The Balaban J connectivity index is 1.89. The van der Waals surface area contributed by atoms with Gasteiger partial charge in [0.2, 0.25) is 0 Å². The molecule has 0 fully saturated rings. The summed E-state index contributed by atoms with van der Waals surface area (Å²) in [7, 11) is 0. The van der Waals surface area contributed by atoms with Crippen LogP contribution in [0.4, 0.5) is 0 Å². The van der Waals surface area contributed by atoms with Crippen LogP contribution in [0.3, 0.4) is 0 Å². The minimum Gasteiger partial charge on any atom is -0.274 e. The largest absolute Gasteiger partial charge is 0.274 e. The zero-order valence-corrected chi connectivity index (χ0v) is 16.5. The van der Waals surface area contributed by atoms with Crippen LogP contribution in [0, 0.1) is 0 Å². The van der Waals surface area contributed by atoms with Crippen molar-refractivity contribution in [1.29, 1.82) is 0 Å². The number of halogens is 3. The lowest BCUT2D eigenvalue weighted by molar-refractivity contribution is 1.08. The molecular weight excluding hydrogens is 415 g/mol. The van der Waals surface area contributed by atoms with Crippen LogP contribution in [0.15, 0.2) is 66.7 Å². The topological polar surface area (TPSA) is 43.6 Å². The molecule has 0 aliphatic carbocycles. The van der Waals surface area contributed by atoms with Crippen molar-refractivity contribution < 1.29 is 0 Å². The van der Waals surface area contributed by atoms with Gasteiger partial charge in [-0.3, -0.25) is 4.57 Å². The fourth-order valence-electron chi connectivity index (χ4n) is 3.14. The van der Waals surface area contributed by atoms with Crippen molar-refractivity contribution in [2.45, 2.75) is 0 Å². The third-order valence-electron chi connectivity index (χ3n) is 4.42. The molecule has 0 aliphatic rings. The number of benzene rings is 3. The van der Waals surface area contributed by atoms with E-state index in [0.29, 0.717) is 32.2 Å². The normalized spacial score (nSPS) is 11.4. The molecule has 0 atom stereocenters. The lowest BCUT2D eigenvalue weighted by Crippen LogP contribution is -2.00. The fourth-order valence-corrected chi connectivity index (χ4v) is 3.76. The van der Waals surface area contributed by atoms with Gasteiger partial charge in [-0.1, -0.05) is 46.9 Å². The Morgan fingerprint density at radius 3 is 2.07 bits per heavy atom. The van der Waals surface area contributed by atoms with E-state index in [9.17, 15) is 0 Å². The summed E-state index contributed by atoms with van der Waals surface area (Å²) >= 11 is 18.7. The molecule has 0 unspecified atom stereocenters. The average molecular weight is 426 g/mol. The summed E-state index contributed by atoms with van der Waals surface area (Å²) in [4.78, 5) is 14.2. The van der Waals surface area contributed by atoms with E-state index in [2.05, 4.69) is 4.98 Å². The summed E-state index contributed by atoms with van der Waals surface area (Å²) in [6.45, 7) is 0. The van der Waals surface area contributed by atoms with Crippen molar-refractivity contribution >= 4 is 57.1 Å². The van der Waals surface area contributed by atoms with E-state index in [4.69, 9.17) is 44.8 Å². The molecule has 0 N–H and O–H groups in total. The molecule has 0 spiro atoms. The Bertz CT molecular complexity index is 1340. The maximum atomic E-state index is 6.52. The molecule has 4 nitrogen and oxygen atoms in total. The predicted octanol–water partition coefficient (Wildman–Crippen LogP) is 6.60. The van der Waals surface area contributed by atoms with Gasteiger partial charge < -0.3 is 0 Å². The highest BCUT2D eigenvalue weighted by atomic mass is 35.5. The van der Waals surface area contributed by atoms with Crippen molar-refractivity contribution in [2.24, 2.45) is 0 Å². The summed E-state index contributed by atoms with van der Waals surface area (Å²) in [6.07, 6.45) is 0. The fraction of sp³-hybridized carbons (Fsp3) is 0. The Morgan fingerprint density at radius 2 is 1.36 bits per heavy atom. The standard InChI is InChI=1S/C21H11Cl3N4/c22-13-7-5-12(6-8-13)20-27-19-21(26-17-4-2-1-3-16(17)25-19)28(20)18-10-9-14(23)11-15(18)24/h1-11H. The Kier molecular flexibility index (Phi) is 4.20. The summed E-state index contributed by atoms with van der Waals surface area (Å²) in [5, 5.41) is 1.71. The minimum absolute atomic E-state index is 0.497. The molecule has 2 heterocycles. The van der Waals surface area contributed by atoms with Gasteiger partial charge in [-0.25, -0.2) is 15.0 Å². The molecule has 5 rings (SSSR count). The minimum atomic E-state index is 0.497. The van der Waals surface area contributed by atoms with Gasteiger partial charge in [0.15, 0.2) is 11.3 Å². The van der Waals surface area contributed by atoms with Crippen LogP contribution in [-0.2, 0) is 0 Å². The van der Waals surface area contributed by atoms with Crippen LogP contribution in [0.25, 0.3) is 39.4 Å². The zero-order chi connectivity index (χ0) is 19.3. The molecule has 0 saturated carbocycles. The lowest BCUT2D eigenvalue weighted by Gasteiger charge is -2.11. The van der Waals surface area contributed by atoms with E-state index in [1.807, 2.05) is 59.2 Å². The van der Waals surface area contributed by atoms with E-state index in [-0.39, 0.29) is 0 Å². The third-order valence-corrected chi connectivity index (χ3v) is 5.21. The molecule has 0 bridgehead atoms. The number of hydrogen-bond acceptors (Lipinski definition) is 3. The molecule has 0 saturated heterocycles. The third kappa shape index (κ3) is 2.90. The van der Waals surface area contributed by atoms with Gasteiger partial charge in [-0.2, -0.15) is 0 Å². The predicted molar refractivity (Wildman–Crippen MR) is 115 cm³/mol. The number of aromatic nitrogens is 4. The van der Waals surface area contributed by atoms with Gasteiger partial charge in [0, 0.05) is 15.6 Å². The van der Waals surface area contributed by atoms with Crippen molar-refractivity contribution in [3.05, 3.63) is 81.8 Å². The van der Waals surface area contributed by atoms with Crippen molar-refractivity contribution in [3.8, 4) is 17.1 Å². The smallest absolute Gasteiger partial charge is 0.199 e. The lowest BCUT2D eigenvalue weighted by atomic mass is 10.2. The molecule has 5 aromatic rings. The molecule has 0 radical (unpaired) electrons. The number of rotatable bonds is 2. The molecule has 2 aromatic heterocycles. The van der Waals surface area contributed by atoms with Gasteiger partial charge in [0.1, 0.15) is 5.82 Å². The Labute approximate surface area is 175 Å². The van der Waals surface area contributed by atoms with E-state index in [1.165, 1.54) is 0 Å². The molecule has 28 heavy (non-hydrogen) atoms. The van der Waals surface area contributed by atoms with Crippen LogP contribution in [0.5, 0.6) is 0 Å². The summed E-state index contributed by atoms with van der Waals surface area (Å²) in [5.41, 5.74) is 4.32. The summed E-state index contributed by atoms with van der Waals surface area (Å²) in [6, 6.07) is 20.5. The molecule has 3 aromatic carbocycles. The van der Waals surface area contributed by atoms with Gasteiger partial charge in [-0.15, -0.1) is 0 Å². The number of nitrogens with zero attached hydrogens (tertiary/aromatic N) is 4. The monoisotopic (exact) mass is 424 g/mol. The van der Waals surface area contributed by atoms with Crippen LogP contribution in [0.2, 0.25) is 15.1 Å².